The highest BCUT2D eigenvalue weighted by Gasteiger charge is 2.16. The number of rotatable bonds is 1. The van der Waals surface area contributed by atoms with E-state index >= 15 is 0 Å². The summed E-state index contributed by atoms with van der Waals surface area (Å²) in [6.07, 6.45) is 0. The second-order valence-corrected chi connectivity index (χ2v) is 7.09. The lowest BCUT2D eigenvalue weighted by molar-refractivity contribution is 0.663. The molecule has 2 heterocycles. The van der Waals surface area contributed by atoms with Gasteiger partial charge in [-0.1, -0.05) is 54.1 Å². The fourth-order valence-corrected chi connectivity index (χ4v) is 4.09. The molecule has 4 aromatic carbocycles. The van der Waals surface area contributed by atoms with Crippen LogP contribution in [0.4, 0.5) is 0 Å². The smallest absolute Gasteiger partial charge is 0.136 e. The van der Waals surface area contributed by atoms with Gasteiger partial charge in [-0.25, -0.2) is 0 Å². The number of furan rings is 2. The summed E-state index contributed by atoms with van der Waals surface area (Å²) in [6.45, 7) is 2.12. The van der Waals surface area contributed by atoms with Crippen molar-refractivity contribution in [1.29, 1.82) is 0 Å². The van der Waals surface area contributed by atoms with E-state index < -0.39 is 0 Å². The Bertz CT molecular complexity index is 1480. The van der Waals surface area contributed by atoms with Gasteiger partial charge in [0.2, 0.25) is 0 Å². The van der Waals surface area contributed by atoms with E-state index in [-0.39, 0.29) is 0 Å². The molecule has 0 N–H and O–H groups in total. The van der Waals surface area contributed by atoms with Crippen molar-refractivity contribution in [3.63, 3.8) is 0 Å². The Morgan fingerprint density at radius 2 is 1.19 bits per heavy atom. The van der Waals surface area contributed by atoms with Gasteiger partial charge in [0.05, 0.1) is 0 Å². The van der Waals surface area contributed by atoms with Gasteiger partial charge in [-0.15, -0.1) is 0 Å². The fourth-order valence-electron chi connectivity index (χ4n) is 4.09. The molecule has 0 bridgehead atoms. The van der Waals surface area contributed by atoms with Crippen LogP contribution in [0.25, 0.3) is 55.0 Å². The predicted octanol–water partition coefficient (Wildman–Crippen LogP) is 7.46. The Balaban J connectivity index is 1.76. The van der Waals surface area contributed by atoms with Crippen molar-refractivity contribution in [3.8, 4) is 11.1 Å². The van der Waals surface area contributed by atoms with Crippen molar-refractivity contribution in [2.75, 3.05) is 0 Å². The van der Waals surface area contributed by atoms with Gasteiger partial charge in [0.25, 0.3) is 0 Å². The molecule has 0 aliphatic rings. The summed E-state index contributed by atoms with van der Waals surface area (Å²) in [7, 11) is 0. The van der Waals surface area contributed by atoms with Crippen LogP contribution in [-0.4, -0.2) is 0 Å². The largest absolute Gasteiger partial charge is 0.456 e. The normalized spacial score (nSPS) is 11.9. The SMILES string of the molecule is Cc1cccc(-c2ccc3oc4ccc5oc6ccccc6c5c4c3c2)c1. The minimum atomic E-state index is 0.894. The Kier molecular flexibility index (Phi) is 2.84. The van der Waals surface area contributed by atoms with Gasteiger partial charge in [-0.05, 0) is 48.4 Å². The van der Waals surface area contributed by atoms with Gasteiger partial charge in [0.1, 0.15) is 22.3 Å². The Morgan fingerprint density at radius 3 is 2.00 bits per heavy atom. The number of para-hydroxylation sites is 1. The lowest BCUT2D eigenvalue weighted by Crippen LogP contribution is -1.79. The summed E-state index contributed by atoms with van der Waals surface area (Å²) in [5.41, 5.74) is 7.27. The van der Waals surface area contributed by atoms with Gasteiger partial charge >= 0.3 is 0 Å². The summed E-state index contributed by atoms with van der Waals surface area (Å²) >= 11 is 0. The summed E-state index contributed by atoms with van der Waals surface area (Å²) in [4.78, 5) is 0. The molecule has 0 fully saturated rings. The van der Waals surface area contributed by atoms with E-state index in [4.69, 9.17) is 8.83 Å². The zero-order chi connectivity index (χ0) is 18.0. The molecular formula is C25H16O2. The number of fused-ring (bicyclic) bond motifs is 7. The maximum Gasteiger partial charge on any atom is 0.136 e. The Hall–Kier alpha value is -3.52. The van der Waals surface area contributed by atoms with E-state index in [9.17, 15) is 0 Å². The van der Waals surface area contributed by atoms with Crippen molar-refractivity contribution in [3.05, 3.63) is 84.4 Å². The summed E-state index contributed by atoms with van der Waals surface area (Å²) in [5.74, 6) is 0. The molecule has 0 saturated carbocycles. The van der Waals surface area contributed by atoms with Crippen molar-refractivity contribution in [2.24, 2.45) is 0 Å². The van der Waals surface area contributed by atoms with Crippen molar-refractivity contribution >= 4 is 43.9 Å². The summed E-state index contributed by atoms with van der Waals surface area (Å²) in [6, 6.07) is 27.2. The van der Waals surface area contributed by atoms with Crippen LogP contribution in [0.2, 0.25) is 0 Å². The molecule has 0 amide bonds. The van der Waals surface area contributed by atoms with Gasteiger partial charge in [-0.2, -0.15) is 0 Å². The molecule has 2 aromatic heterocycles. The molecule has 0 atom stereocenters. The molecule has 0 aliphatic heterocycles. The van der Waals surface area contributed by atoms with Gasteiger partial charge < -0.3 is 8.83 Å². The average Bonchev–Trinajstić information content (AvgIpc) is 3.25. The Labute approximate surface area is 155 Å². The van der Waals surface area contributed by atoms with Gasteiger partial charge in [-0.3, -0.25) is 0 Å². The topological polar surface area (TPSA) is 26.3 Å². The van der Waals surface area contributed by atoms with E-state index in [1.54, 1.807) is 0 Å². The number of hydrogen-bond acceptors (Lipinski definition) is 2. The van der Waals surface area contributed by atoms with Crippen LogP contribution in [0, 0.1) is 6.92 Å². The fraction of sp³-hybridized carbons (Fsp3) is 0.0400. The summed E-state index contributed by atoms with van der Waals surface area (Å²) < 4.78 is 12.2. The molecule has 2 heteroatoms. The van der Waals surface area contributed by atoms with Crippen LogP contribution in [0.3, 0.4) is 0 Å². The highest BCUT2D eigenvalue weighted by molar-refractivity contribution is 6.25. The van der Waals surface area contributed by atoms with E-state index in [1.165, 1.54) is 16.7 Å². The minimum Gasteiger partial charge on any atom is -0.456 e. The number of benzene rings is 4. The maximum atomic E-state index is 6.15. The van der Waals surface area contributed by atoms with Gasteiger partial charge in [0.15, 0.2) is 0 Å². The van der Waals surface area contributed by atoms with Crippen LogP contribution in [-0.2, 0) is 0 Å². The third-order valence-electron chi connectivity index (χ3n) is 5.33. The molecule has 0 saturated heterocycles. The molecule has 2 nitrogen and oxygen atoms in total. The molecule has 6 aromatic rings. The van der Waals surface area contributed by atoms with Crippen LogP contribution in [0.5, 0.6) is 0 Å². The molecule has 27 heavy (non-hydrogen) atoms. The third kappa shape index (κ3) is 2.07. The first kappa shape index (κ1) is 14.6. The quantitative estimate of drug-likeness (QED) is 0.308. The molecule has 0 radical (unpaired) electrons. The highest BCUT2D eigenvalue weighted by Crippen LogP contribution is 2.40. The summed E-state index contributed by atoms with van der Waals surface area (Å²) in [5, 5.41) is 4.51. The molecule has 6 rings (SSSR count). The zero-order valence-electron chi connectivity index (χ0n) is 14.8. The zero-order valence-corrected chi connectivity index (χ0v) is 14.8. The van der Waals surface area contributed by atoms with E-state index in [0.29, 0.717) is 0 Å². The van der Waals surface area contributed by atoms with Crippen molar-refractivity contribution < 1.29 is 8.83 Å². The first-order valence-corrected chi connectivity index (χ1v) is 9.11. The van der Waals surface area contributed by atoms with E-state index in [2.05, 4.69) is 61.5 Å². The molecule has 0 aliphatic carbocycles. The molecular weight excluding hydrogens is 332 g/mol. The van der Waals surface area contributed by atoms with Crippen LogP contribution in [0.15, 0.2) is 87.7 Å². The van der Waals surface area contributed by atoms with Crippen molar-refractivity contribution in [1.82, 2.24) is 0 Å². The monoisotopic (exact) mass is 348 g/mol. The third-order valence-corrected chi connectivity index (χ3v) is 5.33. The standard InChI is InChI=1S/C25H16O2/c1-15-5-4-6-16(13-15)17-9-10-21-19(14-17)25-23(27-21)12-11-22-24(25)18-7-2-3-8-20(18)26-22/h2-14H,1H3. The first-order chi connectivity index (χ1) is 13.3. The average molecular weight is 348 g/mol. The van der Waals surface area contributed by atoms with Crippen LogP contribution >= 0.6 is 0 Å². The minimum absolute atomic E-state index is 0.894. The highest BCUT2D eigenvalue weighted by atomic mass is 16.3. The Morgan fingerprint density at radius 1 is 0.519 bits per heavy atom. The maximum absolute atomic E-state index is 6.15. The molecule has 0 unspecified atom stereocenters. The second-order valence-electron chi connectivity index (χ2n) is 7.09. The van der Waals surface area contributed by atoms with Gasteiger partial charge in [0, 0.05) is 21.5 Å². The van der Waals surface area contributed by atoms with Crippen LogP contribution in [0.1, 0.15) is 5.56 Å². The lowest BCUT2D eigenvalue weighted by atomic mass is 10.00. The molecule has 128 valence electrons. The number of hydrogen-bond donors (Lipinski definition) is 0. The van der Waals surface area contributed by atoms with E-state index in [1.807, 2.05) is 24.3 Å². The predicted molar refractivity (Wildman–Crippen MR) is 111 cm³/mol. The van der Waals surface area contributed by atoms with Crippen molar-refractivity contribution in [2.45, 2.75) is 6.92 Å². The van der Waals surface area contributed by atoms with Crippen LogP contribution < -0.4 is 0 Å². The molecule has 0 spiro atoms. The first-order valence-electron chi connectivity index (χ1n) is 9.11. The van der Waals surface area contributed by atoms with E-state index in [0.717, 1.165) is 43.9 Å². The number of aryl methyl sites for hydroxylation is 1. The second kappa shape index (κ2) is 5.24. The lowest BCUT2D eigenvalue weighted by Gasteiger charge is -2.03.